The van der Waals surface area contributed by atoms with Crippen LogP contribution >= 0.6 is 7.82 Å². The van der Waals surface area contributed by atoms with Crippen molar-refractivity contribution in [2.45, 2.75) is 264 Å². The number of aliphatic carboxylic acids is 1. The molecule has 0 saturated carbocycles. The van der Waals surface area contributed by atoms with Crippen LogP contribution in [-0.2, 0) is 32.7 Å². The van der Waals surface area contributed by atoms with Crippen LogP contribution in [0.15, 0.2) is 12.2 Å². The average Bonchev–Trinajstić information content (AvgIpc) is 3.23. The first-order valence-electron chi connectivity index (χ1n) is 25.2. The number of nitrogens with two attached hydrogens (primary N) is 1. The van der Waals surface area contributed by atoms with Crippen molar-refractivity contribution in [2.75, 3.05) is 26.4 Å². The summed E-state index contributed by atoms with van der Waals surface area (Å²) in [6, 6.07) is -1.47. The molecule has 0 aliphatic heterocycles. The van der Waals surface area contributed by atoms with E-state index in [-0.39, 0.29) is 13.0 Å². The minimum absolute atomic E-state index is 0.0199. The van der Waals surface area contributed by atoms with Crippen molar-refractivity contribution in [3.63, 3.8) is 0 Å². The molecule has 0 aromatic carbocycles. The van der Waals surface area contributed by atoms with Crippen molar-refractivity contribution in [3.05, 3.63) is 12.2 Å². The van der Waals surface area contributed by atoms with Gasteiger partial charge in [0.1, 0.15) is 12.1 Å². The van der Waals surface area contributed by atoms with Crippen LogP contribution in [0, 0.1) is 0 Å². The molecule has 0 aliphatic carbocycles. The fraction of sp³-hybridized carbons (Fsp3) is 0.918. The van der Waals surface area contributed by atoms with Gasteiger partial charge in [0.15, 0.2) is 0 Å². The summed E-state index contributed by atoms with van der Waals surface area (Å²) in [6.45, 7) is 3.92. The summed E-state index contributed by atoms with van der Waals surface area (Å²) in [5.41, 5.74) is 5.37. The molecule has 0 saturated heterocycles. The van der Waals surface area contributed by atoms with Gasteiger partial charge in [-0.15, -0.1) is 0 Å². The number of carbonyl (C=O) groups excluding carboxylic acids is 1. The molecule has 0 aliphatic rings. The fourth-order valence-corrected chi connectivity index (χ4v) is 8.14. The van der Waals surface area contributed by atoms with E-state index in [1.807, 2.05) is 0 Å². The van der Waals surface area contributed by atoms with Gasteiger partial charge in [0.05, 0.1) is 19.8 Å². The average molecular weight is 874 g/mol. The van der Waals surface area contributed by atoms with Crippen LogP contribution in [0.1, 0.15) is 251 Å². The van der Waals surface area contributed by atoms with E-state index in [1.54, 1.807) is 0 Å². The molecule has 3 atom stereocenters. The molecular weight excluding hydrogens is 778 g/mol. The van der Waals surface area contributed by atoms with Gasteiger partial charge < -0.3 is 25.2 Å². The predicted molar refractivity (Wildman–Crippen MR) is 249 cm³/mol. The number of rotatable bonds is 49. The van der Waals surface area contributed by atoms with Gasteiger partial charge in [-0.1, -0.05) is 219 Å². The number of ether oxygens (including phenoxy) is 2. The lowest BCUT2D eigenvalue weighted by atomic mass is 10.0. The first-order valence-corrected chi connectivity index (χ1v) is 26.7. The molecular formula is C49H96NO9P. The maximum atomic E-state index is 12.7. The van der Waals surface area contributed by atoms with E-state index in [2.05, 4.69) is 26.0 Å². The van der Waals surface area contributed by atoms with E-state index < -0.39 is 45.1 Å². The summed E-state index contributed by atoms with van der Waals surface area (Å²) in [7, 11) is -4.62. The molecule has 356 valence electrons. The van der Waals surface area contributed by atoms with Gasteiger partial charge in [-0.25, -0.2) is 4.57 Å². The number of hydrogen-bond donors (Lipinski definition) is 3. The van der Waals surface area contributed by atoms with E-state index >= 15 is 0 Å². The molecule has 0 rings (SSSR count). The normalized spacial score (nSPS) is 13.8. The molecule has 11 heteroatoms. The van der Waals surface area contributed by atoms with Crippen molar-refractivity contribution in [3.8, 4) is 0 Å². The number of phosphoric ester groups is 1. The summed E-state index contributed by atoms with van der Waals surface area (Å²) < 4.78 is 33.5. The van der Waals surface area contributed by atoms with E-state index in [0.29, 0.717) is 13.0 Å². The number of carbonyl (C=O) groups is 2. The van der Waals surface area contributed by atoms with E-state index in [0.717, 1.165) is 51.4 Å². The smallest absolute Gasteiger partial charge is 0.472 e. The zero-order valence-corrected chi connectivity index (χ0v) is 40.0. The van der Waals surface area contributed by atoms with Crippen LogP contribution < -0.4 is 5.73 Å². The summed E-state index contributed by atoms with van der Waals surface area (Å²) in [4.78, 5) is 33.6. The number of carboxylic acids is 1. The van der Waals surface area contributed by atoms with E-state index in [1.165, 1.54) is 173 Å². The topological polar surface area (TPSA) is 155 Å². The second kappa shape index (κ2) is 45.7. The van der Waals surface area contributed by atoms with Crippen LogP contribution in [-0.4, -0.2) is 60.5 Å². The Hall–Kier alpha value is -1.29. The van der Waals surface area contributed by atoms with Crippen LogP contribution in [0.5, 0.6) is 0 Å². The number of hydrogen-bond acceptors (Lipinski definition) is 8. The van der Waals surface area contributed by atoms with Crippen molar-refractivity contribution in [1.82, 2.24) is 0 Å². The van der Waals surface area contributed by atoms with Crippen molar-refractivity contribution in [1.29, 1.82) is 0 Å². The Bertz CT molecular complexity index is 1010. The van der Waals surface area contributed by atoms with Crippen molar-refractivity contribution < 1.29 is 42.7 Å². The Labute approximate surface area is 369 Å². The zero-order chi connectivity index (χ0) is 44.0. The molecule has 0 fully saturated rings. The van der Waals surface area contributed by atoms with Gasteiger partial charge >= 0.3 is 19.8 Å². The van der Waals surface area contributed by atoms with Gasteiger partial charge in [0.2, 0.25) is 0 Å². The minimum atomic E-state index is -4.62. The van der Waals surface area contributed by atoms with Crippen molar-refractivity contribution in [2.24, 2.45) is 5.73 Å². The lowest BCUT2D eigenvalue weighted by molar-refractivity contribution is -0.154. The fourth-order valence-electron chi connectivity index (χ4n) is 7.37. The number of esters is 1. The maximum Gasteiger partial charge on any atom is 0.472 e. The summed E-state index contributed by atoms with van der Waals surface area (Å²) in [5, 5.41) is 8.92. The SMILES string of the molecule is CCCCCCCC/C=C\CCCCCCCC(=O)OC(COCCCCCCCCCCCCCCCCCCCCCCCCC)COP(=O)(O)OCC(N)C(=O)O. The number of unbranched alkanes of at least 4 members (excludes halogenated alkanes) is 33. The Morgan fingerprint density at radius 3 is 1.27 bits per heavy atom. The molecule has 0 spiro atoms. The molecule has 0 aromatic rings. The summed E-state index contributed by atoms with van der Waals surface area (Å²) >= 11 is 0. The standard InChI is InChI=1S/C49H96NO9P/c1-3-5-7-9-11-13-15-17-19-20-21-22-23-24-25-26-28-30-32-34-36-38-40-42-56-43-46(44-57-60(54,55)58-45-47(50)49(52)53)59-48(51)41-39-37-35-33-31-29-27-18-16-14-12-10-8-6-4-2/h18,27,46-47H,3-17,19-26,28-45,50H2,1-2H3,(H,52,53)(H,54,55)/b27-18-. The van der Waals surface area contributed by atoms with Gasteiger partial charge in [-0.2, -0.15) is 0 Å². The molecule has 4 N–H and O–H groups in total. The van der Waals surface area contributed by atoms with Gasteiger partial charge in [-0.3, -0.25) is 18.6 Å². The third kappa shape index (κ3) is 44.8. The number of carboxylic acid groups (broad SMARTS) is 1. The largest absolute Gasteiger partial charge is 0.480 e. The second-order valence-electron chi connectivity index (χ2n) is 17.3. The van der Waals surface area contributed by atoms with Crippen LogP contribution in [0.2, 0.25) is 0 Å². The van der Waals surface area contributed by atoms with E-state index in [4.69, 9.17) is 29.4 Å². The highest BCUT2D eigenvalue weighted by Gasteiger charge is 2.27. The van der Waals surface area contributed by atoms with Crippen molar-refractivity contribution >= 4 is 19.8 Å². The quantitative estimate of drug-likeness (QED) is 0.0233. The number of allylic oxidation sites excluding steroid dienone is 2. The molecule has 3 unspecified atom stereocenters. The van der Waals surface area contributed by atoms with Gasteiger partial charge in [-0.05, 0) is 38.5 Å². The molecule has 0 aromatic heterocycles. The first-order chi connectivity index (χ1) is 29.2. The highest BCUT2D eigenvalue weighted by molar-refractivity contribution is 7.47. The molecule has 0 radical (unpaired) electrons. The Morgan fingerprint density at radius 1 is 0.517 bits per heavy atom. The van der Waals surface area contributed by atoms with Crippen LogP contribution in [0.4, 0.5) is 0 Å². The summed E-state index contributed by atoms with van der Waals surface area (Å²) in [6.07, 6.45) is 49.9. The summed E-state index contributed by atoms with van der Waals surface area (Å²) in [5.74, 6) is -1.78. The molecule has 60 heavy (non-hydrogen) atoms. The minimum Gasteiger partial charge on any atom is -0.480 e. The Balaban J connectivity index is 4.07. The third-order valence-corrected chi connectivity index (χ3v) is 12.2. The lowest BCUT2D eigenvalue weighted by Gasteiger charge is -2.20. The Kier molecular flexibility index (Phi) is 44.7. The molecule has 0 bridgehead atoms. The number of phosphoric acid groups is 1. The van der Waals surface area contributed by atoms with Crippen LogP contribution in [0.25, 0.3) is 0 Å². The highest BCUT2D eigenvalue weighted by atomic mass is 31.2. The molecule has 0 amide bonds. The third-order valence-electron chi connectivity index (χ3n) is 11.3. The van der Waals surface area contributed by atoms with Gasteiger partial charge in [0, 0.05) is 13.0 Å². The predicted octanol–water partition coefficient (Wildman–Crippen LogP) is 14.5. The lowest BCUT2D eigenvalue weighted by Crippen LogP contribution is -2.34. The van der Waals surface area contributed by atoms with Crippen LogP contribution in [0.3, 0.4) is 0 Å². The Morgan fingerprint density at radius 2 is 0.867 bits per heavy atom. The molecule has 0 heterocycles. The monoisotopic (exact) mass is 874 g/mol. The second-order valence-corrected chi connectivity index (χ2v) is 18.8. The van der Waals surface area contributed by atoms with E-state index in [9.17, 15) is 19.0 Å². The maximum absolute atomic E-state index is 12.7. The first kappa shape index (κ1) is 58.7. The molecule has 10 nitrogen and oxygen atoms in total. The van der Waals surface area contributed by atoms with Gasteiger partial charge in [0.25, 0.3) is 0 Å². The highest BCUT2D eigenvalue weighted by Crippen LogP contribution is 2.43. The zero-order valence-electron chi connectivity index (χ0n) is 39.1.